The van der Waals surface area contributed by atoms with Crippen LogP contribution in [0.25, 0.3) is 0 Å². The molecule has 0 radical (unpaired) electrons. The Morgan fingerprint density at radius 1 is 1.05 bits per heavy atom. The van der Waals surface area contributed by atoms with Gasteiger partial charge in [-0.15, -0.1) is 0 Å². The largest absolute Gasteiger partial charge is 0.494 e. The summed E-state index contributed by atoms with van der Waals surface area (Å²) >= 11 is 0. The summed E-state index contributed by atoms with van der Waals surface area (Å²) in [4.78, 5) is 10.7. The van der Waals surface area contributed by atoms with E-state index in [4.69, 9.17) is 9.84 Å². The number of hydrogen-bond acceptors (Lipinski definition) is 3. The van der Waals surface area contributed by atoms with Crippen molar-refractivity contribution >= 4 is 11.7 Å². The highest BCUT2D eigenvalue weighted by Gasteiger charge is 2.01. The van der Waals surface area contributed by atoms with Gasteiger partial charge in [0.1, 0.15) is 5.75 Å². The molecule has 0 aromatic heterocycles. The van der Waals surface area contributed by atoms with Crippen LogP contribution in [0.5, 0.6) is 5.75 Å². The minimum atomic E-state index is -0.909. The Morgan fingerprint density at radius 2 is 1.75 bits per heavy atom. The molecule has 104 valence electrons. The zero-order valence-electron chi connectivity index (χ0n) is 11.1. The van der Waals surface area contributed by atoms with E-state index in [2.05, 4.69) is 5.32 Å². The van der Waals surface area contributed by atoms with Crippen LogP contribution >= 0.6 is 0 Å². The van der Waals surface area contributed by atoms with E-state index in [0.29, 0.717) is 12.2 Å². The van der Waals surface area contributed by atoms with Crippen molar-refractivity contribution in [1.82, 2.24) is 0 Å². The molecule has 4 heteroatoms. The Balaban J connectivity index is 1.67. The van der Waals surface area contributed by atoms with Crippen molar-refractivity contribution in [3.63, 3.8) is 0 Å². The molecule has 0 aliphatic carbocycles. The van der Waals surface area contributed by atoms with Crippen molar-refractivity contribution in [1.29, 1.82) is 0 Å². The van der Waals surface area contributed by atoms with Gasteiger partial charge in [-0.1, -0.05) is 18.2 Å². The molecule has 0 saturated heterocycles. The molecule has 0 heterocycles. The fourth-order valence-electron chi connectivity index (χ4n) is 1.74. The Kier molecular flexibility index (Phi) is 5.00. The van der Waals surface area contributed by atoms with Crippen LogP contribution in [-0.2, 0) is 0 Å². The number of aromatic carboxylic acids is 1. The maximum atomic E-state index is 10.7. The molecular weight excluding hydrogens is 254 g/mol. The number of para-hydroxylation sites is 1. The van der Waals surface area contributed by atoms with E-state index in [0.717, 1.165) is 24.4 Å². The molecule has 0 atom stereocenters. The third-order valence-corrected chi connectivity index (χ3v) is 2.79. The molecule has 4 nitrogen and oxygen atoms in total. The standard InChI is InChI=1S/C16H17NO3/c18-16(19)13-7-9-14(10-8-13)17-11-4-12-20-15-5-2-1-3-6-15/h1-3,5-10,17H,4,11-12H2,(H,18,19). The average Bonchev–Trinajstić information content (AvgIpc) is 2.48. The number of benzene rings is 2. The highest BCUT2D eigenvalue weighted by molar-refractivity contribution is 5.87. The molecular formula is C16H17NO3. The first-order chi connectivity index (χ1) is 9.75. The van der Waals surface area contributed by atoms with Crippen LogP contribution in [-0.4, -0.2) is 24.2 Å². The van der Waals surface area contributed by atoms with Gasteiger partial charge in [-0.3, -0.25) is 0 Å². The number of hydrogen-bond donors (Lipinski definition) is 2. The van der Waals surface area contributed by atoms with Crippen LogP contribution in [0.3, 0.4) is 0 Å². The van der Waals surface area contributed by atoms with Gasteiger partial charge in [-0.2, -0.15) is 0 Å². The van der Waals surface area contributed by atoms with E-state index in [1.165, 1.54) is 0 Å². The monoisotopic (exact) mass is 271 g/mol. The molecule has 0 fully saturated rings. The average molecular weight is 271 g/mol. The Hall–Kier alpha value is -2.49. The normalized spacial score (nSPS) is 10.0. The fraction of sp³-hybridized carbons (Fsp3) is 0.188. The number of anilines is 1. The third kappa shape index (κ3) is 4.31. The van der Waals surface area contributed by atoms with E-state index in [9.17, 15) is 4.79 Å². The first-order valence-electron chi connectivity index (χ1n) is 6.51. The molecule has 2 N–H and O–H groups in total. The molecule has 0 saturated carbocycles. The fourth-order valence-corrected chi connectivity index (χ4v) is 1.74. The Morgan fingerprint density at radius 3 is 2.40 bits per heavy atom. The van der Waals surface area contributed by atoms with Crippen molar-refractivity contribution in [3.05, 3.63) is 60.2 Å². The van der Waals surface area contributed by atoms with Gasteiger partial charge in [0.15, 0.2) is 0 Å². The lowest BCUT2D eigenvalue weighted by molar-refractivity contribution is 0.0697. The minimum Gasteiger partial charge on any atom is -0.494 e. The SMILES string of the molecule is O=C(O)c1ccc(NCCCOc2ccccc2)cc1. The molecule has 2 aromatic rings. The molecule has 2 rings (SSSR count). The van der Waals surface area contributed by atoms with E-state index in [1.54, 1.807) is 24.3 Å². The second kappa shape index (κ2) is 7.19. The van der Waals surface area contributed by atoms with Crippen molar-refractivity contribution in [3.8, 4) is 5.75 Å². The van der Waals surface area contributed by atoms with E-state index < -0.39 is 5.97 Å². The summed E-state index contributed by atoms with van der Waals surface area (Å²) in [5.74, 6) is -0.0360. The Labute approximate surface area is 118 Å². The molecule has 20 heavy (non-hydrogen) atoms. The summed E-state index contributed by atoms with van der Waals surface area (Å²) in [5, 5.41) is 12.0. The van der Waals surface area contributed by atoms with Gasteiger partial charge in [-0.05, 0) is 42.8 Å². The van der Waals surface area contributed by atoms with Crippen molar-refractivity contribution in [2.75, 3.05) is 18.5 Å². The maximum absolute atomic E-state index is 10.7. The molecule has 0 aliphatic rings. The van der Waals surface area contributed by atoms with E-state index >= 15 is 0 Å². The Bertz CT molecular complexity index is 537. The zero-order valence-corrected chi connectivity index (χ0v) is 11.1. The van der Waals surface area contributed by atoms with E-state index in [-0.39, 0.29) is 0 Å². The number of carboxylic acids is 1. The number of nitrogens with one attached hydrogen (secondary N) is 1. The highest BCUT2D eigenvalue weighted by atomic mass is 16.5. The first kappa shape index (κ1) is 13.9. The maximum Gasteiger partial charge on any atom is 0.335 e. The smallest absolute Gasteiger partial charge is 0.335 e. The van der Waals surface area contributed by atoms with Crippen LogP contribution in [0.2, 0.25) is 0 Å². The van der Waals surface area contributed by atoms with Gasteiger partial charge in [0, 0.05) is 12.2 Å². The van der Waals surface area contributed by atoms with Crippen molar-refractivity contribution in [2.45, 2.75) is 6.42 Å². The van der Waals surface area contributed by atoms with Gasteiger partial charge in [0.25, 0.3) is 0 Å². The molecule has 0 aliphatic heterocycles. The van der Waals surface area contributed by atoms with Crippen LogP contribution in [0.15, 0.2) is 54.6 Å². The topological polar surface area (TPSA) is 58.6 Å². The summed E-state index contributed by atoms with van der Waals surface area (Å²) in [5.41, 5.74) is 1.21. The van der Waals surface area contributed by atoms with Gasteiger partial charge in [0.05, 0.1) is 12.2 Å². The van der Waals surface area contributed by atoms with Gasteiger partial charge in [-0.25, -0.2) is 4.79 Å². The second-order valence-corrected chi connectivity index (χ2v) is 4.32. The number of carbonyl (C=O) groups is 1. The summed E-state index contributed by atoms with van der Waals surface area (Å²) in [7, 11) is 0. The van der Waals surface area contributed by atoms with Crippen LogP contribution in [0, 0.1) is 0 Å². The zero-order chi connectivity index (χ0) is 14.2. The number of rotatable bonds is 7. The van der Waals surface area contributed by atoms with Gasteiger partial charge < -0.3 is 15.2 Å². The lowest BCUT2D eigenvalue weighted by atomic mass is 10.2. The van der Waals surface area contributed by atoms with Crippen molar-refractivity contribution in [2.24, 2.45) is 0 Å². The van der Waals surface area contributed by atoms with E-state index in [1.807, 2.05) is 30.3 Å². The molecule has 0 spiro atoms. The van der Waals surface area contributed by atoms with Crippen LogP contribution in [0.1, 0.15) is 16.8 Å². The molecule has 0 unspecified atom stereocenters. The summed E-state index contributed by atoms with van der Waals surface area (Å²) < 4.78 is 5.58. The molecule has 0 amide bonds. The minimum absolute atomic E-state index is 0.294. The lowest BCUT2D eigenvalue weighted by Gasteiger charge is -2.08. The summed E-state index contributed by atoms with van der Waals surface area (Å²) in [6.07, 6.45) is 0.871. The second-order valence-electron chi connectivity index (χ2n) is 4.32. The first-order valence-corrected chi connectivity index (χ1v) is 6.51. The lowest BCUT2D eigenvalue weighted by Crippen LogP contribution is -2.07. The quantitative estimate of drug-likeness (QED) is 0.759. The third-order valence-electron chi connectivity index (χ3n) is 2.79. The molecule has 2 aromatic carbocycles. The van der Waals surface area contributed by atoms with Crippen LogP contribution < -0.4 is 10.1 Å². The predicted octanol–water partition coefficient (Wildman–Crippen LogP) is 3.27. The molecule has 0 bridgehead atoms. The highest BCUT2D eigenvalue weighted by Crippen LogP contribution is 2.10. The predicted molar refractivity (Wildman–Crippen MR) is 78.4 cm³/mol. The number of ether oxygens (including phenoxy) is 1. The van der Waals surface area contributed by atoms with Gasteiger partial charge >= 0.3 is 5.97 Å². The summed E-state index contributed by atoms with van der Waals surface area (Å²) in [6.45, 7) is 1.42. The van der Waals surface area contributed by atoms with Gasteiger partial charge in [0.2, 0.25) is 0 Å². The summed E-state index contributed by atoms with van der Waals surface area (Å²) in [6, 6.07) is 16.4. The number of carboxylic acid groups (broad SMARTS) is 1. The van der Waals surface area contributed by atoms with Crippen LogP contribution in [0.4, 0.5) is 5.69 Å². The van der Waals surface area contributed by atoms with Crippen molar-refractivity contribution < 1.29 is 14.6 Å².